The number of rotatable bonds is 11. The normalized spacial score (nSPS) is 11.8. The van der Waals surface area contributed by atoms with Crippen LogP contribution >= 0.6 is 35.0 Å². The monoisotopic (exact) mass is 528 g/mol. The fraction of sp³-hybridized carbons (Fsp3) is 0.286. The van der Waals surface area contributed by atoms with E-state index in [0.29, 0.717) is 35.2 Å². The van der Waals surface area contributed by atoms with Gasteiger partial charge in [0.25, 0.3) is 0 Å². The predicted molar refractivity (Wildman–Crippen MR) is 146 cm³/mol. The first-order valence-corrected chi connectivity index (χ1v) is 13.3. The summed E-state index contributed by atoms with van der Waals surface area (Å²) in [5, 5.41) is 4.32. The van der Waals surface area contributed by atoms with Gasteiger partial charge in [0.15, 0.2) is 0 Å². The van der Waals surface area contributed by atoms with Gasteiger partial charge in [-0.25, -0.2) is 0 Å². The number of nitrogens with one attached hydrogen (secondary N) is 1. The third-order valence-electron chi connectivity index (χ3n) is 5.37. The molecule has 35 heavy (non-hydrogen) atoms. The molecule has 0 saturated carbocycles. The largest absolute Gasteiger partial charge is 0.352 e. The number of nitrogens with zero attached hydrogens (tertiary/aromatic N) is 1. The molecule has 0 aliphatic carbocycles. The maximum atomic E-state index is 13.6. The van der Waals surface area contributed by atoms with Gasteiger partial charge in [-0.2, -0.15) is 0 Å². The molecule has 0 aliphatic rings. The summed E-state index contributed by atoms with van der Waals surface area (Å²) in [5.74, 6) is 0.374. The first-order valence-electron chi connectivity index (χ1n) is 11.6. The Balaban J connectivity index is 1.83. The zero-order chi connectivity index (χ0) is 25.2. The van der Waals surface area contributed by atoms with Crippen molar-refractivity contribution in [2.75, 3.05) is 5.75 Å². The van der Waals surface area contributed by atoms with Crippen LogP contribution < -0.4 is 5.32 Å². The van der Waals surface area contributed by atoms with E-state index in [1.54, 1.807) is 28.8 Å². The van der Waals surface area contributed by atoms with Crippen LogP contribution in [0.3, 0.4) is 0 Å². The lowest BCUT2D eigenvalue weighted by atomic mass is 10.0. The molecule has 0 heterocycles. The van der Waals surface area contributed by atoms with E-state index in [-0.39, 0.29) is 17.9 Å². The van der Waals surface area contributed by atoms with E-state index in [9.17, 15) is 9.59 Å². The quantitative estimate of drug-likeness (QED) is 0.283. The zero-order valence-corrected chi connectivity index (χ0v) is 22.2. The molecule has 2 amide bonds. The Morgan fingerprint density at radius 3 is 2.06 bits per heavy atom. The highest BCUT2D eigenvalue weighted by Crippen LogP contribution is 2.23. The van der Waals surface area contributed by atoms with Crippen molar-refractivity contribution in [1.82, 2.24) is 10.2 Å². The number of thioether (sulfide) groups is 1. The van der Waals surface area contributed by atoms with Gasteiger partial charge in [-0.15, -0.1) is 11.8 Å². The third kappa shape index (κ3) is 8.92. The molecule has 0 aromatic heterocycles. The number of amides is 2. The van der Waals surface area contributed by atoms with Crippen molar-refractivity contribution >= 4 is 46.8 Å². The highest BCUT2D eigenvalue weighted by atomic mass is 35.5. The zero-order valence-electron chi connectivity index (χ0n) is 19.9. The molecule has 0 spiro atoms. The van der Waals surface area contributed by atoms with E-state index >= 15 is 0 Å². The summed E-state index contributed by atoms with van der Waals surface area (Å²) in [7, 11) is 0. The van der Waals surface area contributed by atoms with Gasteiger partial charge in [-0.05, 0) is 61.4 Å². The molecule has 0 saturated heterocycles. The smallest absolute Gasteiger partial charge is 0.243 e. The van der Waals surface area contributed by atoms with Crippen LogP contribution in [0.5, 0.6) is 0 Å². The average Bonchev–Trinajstić information content (AvgIpc) is 2.84. The van der Waals surface area contributed by atoms with Crippen LogP contribution in [0.25, 0.3) is 0 Å². The van der Waals surface area contributed by atoms with Crippen LogP contribution in [0, 0.1) is 0 Å². The topological polar surface area (TPSA) is 49.4 Å². The van der Waals surface area contributed by atoms with Crippen molar-refractivity contribution < 1.29 is 9.59 Å². The number of hydrogen-bond acceptors (Lipinski definition) is 3. The van der Waals surface area contributed by atoms with Crippen molar-refractivity contribution in [3.8, 4) is 0 Å². The molecule has 7 heteroatoms. The van der Waals surface area contributed by atoms with E-state index in [0.717, 1.165) is 16.0 Å². The van der Waals surface area contributed by atoms with Crippen molar-refractivity contribution in [2.24, 2.45) is 0 Å². The molecule has 0 aliphatic heterocycles. The number of halogens is 2. The molecule has 4 nitrogen and oxygen atoms in total. The molecule has 1 atom stereocenters. The average molecular weight is 530 g/mol. The Labute approximate surface area is 222 Å². The molecule has 184 valence electrons. The van der Waals surface area contributed by atoms with Gasteiger partial charge in [-0.3, -0.25) is 9.59 Å². The van der Waals surface area contributed by atoms with E-state index in [2.05, 4.69) is 5.32 Å². The van der Waals surface area contributed by atoms with E-state index in [4.69, 9.17) is 23.2 Å². The van der Waals surface area contributed by atoms with Gasteiger partial charge in [0, 0.05) is 46.1 Å². The number of benzene rings is 3. The van der Waals surface area contributed by atoms with Crippen LogP contribution in [-0.2, 0) is 22.6 Å². The second kappa shape index (κ2) is 13.6. The number of carbonyl (C=O) groups is 2. The van der Waals surface area contributed by atoms with Crippen molar-refractivity contribution in [1.29, 1.82) is 0 Å². The highest BCUT2D eigenvalue weighted by molar-refractivity contribution is 7.99. The maximum absolute atomic E-state index is 13.6. The maximum Gasteiger partial charge on any atom is 0.243 e. The SMILES string of the molecule is CC(C)NC(=O)C(Cc1ccccc1)N(Cc1ccc(Cl)cc1)C(=O)CCSc1ccc(Cl)cc1. The van der Waals surface area contributed by atoms with E-state index in [1.807, 2.05) is 80.6 Å². The molecule has 0 bridgehead atoms. The summed E-state index contributed by atoms with van der Waals surface area (Å²) in [6.45, 7) is 4.17. The summed E-state index contributed by atoms with van der Waals surface area (Å²) >= 11 is 13.6. The number of carbonyl (C=O) groups excluding carboxylic acids is 2. The second-order valence-corrected chi connectivity index (χ2v) is 10.6. The highest BCUT2D eigenvalue weighted by Gasteiger charge is 2.30. The summed E-state index contributed by atoms with van der Waals surface area (Å²) in [5.41, 5.74) is 1.92. The van der Waals surface area contributed by atoms with Gasteiger partial charge in [0.1, 0.15) is 6.04 Å². The molecule has 3 aromatic carbocycles. The van der Waals surface area contributed by atoms with Crippen LogP contribution in [0.15, 0.2) is 83.8 Å². The molecule has 3 rings (SSSR count). The standard InChI is InChI=1S/C28H30Cl2N2O2S/c1-20(2)31-28(34)26(18-21-6-4-3-5-7-21)32(19-22-8-10-23(29)11-9-22)27(33)16-17-35-25-14-12-24(30)13-15-25/h3-15,20,26H,16-19H2,1-2H3,(H,31,34). The van der Waals surface area contributed by atoms with Gasteiger partial charge in [0.2, 0.25) is 11.8 Å². The first kappa shape index (κ1) is 27.1. The van der Waals surface area contributed by atoms with Crippen LogP contribution in [0.2, 0.25) is 10.0 Å². The van der Waals surface area contributed by atoms with Crippen LogP contribution in [0.1, 0.15) is 31.4 Å². The minimum absolute atomic E-state index is 0.0336. The Morgan fingerprint density at radius 2 is 1.46 bits per heavy atom. The van der Waals surface area contributed by atoms with Gasteiger partial charge < -0.3 is 10.2 Å². The minimum Gasteiger partial charge on any atom is -0.352 e. The van der Waals surface area contributed by atoms with Gasteiger partial charge >= 0.3 is 0 Å². The Morgan fingerprint density at radius 1 is 0.857 bits per heavy atom. The number of hydrogen-bond donors (Lipinski definition) is 1. The fourth-order valence-electron chi connectivity index (χ4n) is 3.65. The Hall–Kier alpha value is -2.47. The van der Waals surface area contributed by atoms with Crippen LogP contribution in [0.4, 0.5) is 0 Å². The van der Waals surface area contributed by atoms with E-state index in [1.165, 1.54) is 0 Å². The lowest BCUT2D eigenvalue weighted by Gasteiger charge is -2.32. The third-order valence-corrected chi connectivity index (χ3v) is 6.88. The molecular formula is C28H30Cl2N2O2S. The Bertz CT molecular complexity index is 1090. The predicted octanol–water partition coefficient (Wildman–Crippen LogP) is 6.64. The summed E-state index contributed by atoms with van der Waals surface area (Å²) in [6.07, 6.45) is 0.740. The lowest BCUT2D eigenvalue weighted by molar-refractivity contribution is -0.141. The molecule has 0 radical (unpaired) electrons. The van der Waals surface area contributed by atoms with Crippen molar-refractivity contribution in [3.05, 3.63) is 100 Å². The van der Waals surface area contributed by atoms with Crippen molar-refractivity contribution in [3.63, 3.8) is 0 Å². The molecular weight excluding hydrogens is 499 g/mol. The van der Waals surface area contributed by atoms with Gasteiger partial charge in [-0.1, -0.05) is 65.7 Å². The second-order valence-electron chi connectivity index (χ2n) is 8.57. The van der Waals surface area contributed by atoms with Crippen LogP contribution in [-0.4, -0.2) is 34.6 Å². The molecule has 0 fully saturated rings. The van der Waals surface area contributed by atoms with Gasteiger partial charge in [0.05, 0.1) is 0 Å². The van der Waals surface area contributed by atoms with E-state index < -0.39 is 6.04 Å². The molecule has 1 N–H and O–H groups in total. The molecule has 3 aromatic rings. The first-order chi connectivity index (χ1) is 16.8. The Kier molecular flexibility index (Phi) is 10.5. The summed E-state index contributed by atoms with van der Waals surface area (Å²) in [4.78, 5) is 29.6. The molecule has 1 unspecified atom stereocenters. The fourth-order valence-corrected chi connectivity index (χ4v) is 4.74. The van der Waals surface area contributed by atoms with Crippen molar-refractivity contribution in [2.45, 2.75) is 50.2 Å². The summed E-state index contributed by atoms with van der Waals surface area (Å²) < 4.78 is 0. The summed E-state index contributed by atoms with van der Waals surface area (Å²) in [6, 6.07) is 24.1. The minimum atomic E-state index is -0.636. The lowest BCUT2D eigenvalue weighted by Crippen LogP contribution is -2.51.